The summed E-state index contributed by atoms with van der Waals surface area (Å²) in [5.74, 6) is 0.769. The molecule has 6 aliphatic carbocycles. The minimum Gasteiger partial charge on any atom is -0.228 e. The zero-order valence-corrected chi connectivity index (χ0v) is 38.3. The van der Waals surface area contributed by atoms with Gasteiger partial charge < -0.3 is 0 Å². The molecule has 6 aliphatic rings. The minimum atomic E-state index is -0.129. The van der Waals surface area contributed by atoms with Crippen molar-refractivity contribution in [3.63, 3.8) is 0 Å². The van der Waals surface area contributed by atoms with E-state index in [1.54, 1.807) is 0 Å². The van der Waals surface area contributed by atoms with Crippen molar-refractivity contribution in [2.75, 3.05) is 0 Å². The Morgan fingerprint density at radius 3 is 0.870 bits per heavy atom. The Hall–Kier alpha value is -7.94. The molecule has 0 saturated heterocycles. The van der Waals surface area contributed by atoms with Crippen molar-refractivity contribution in [3.8, 4) is 67.3 Å². The molecule has 0 saturated carbocycles. The first-order chi connectivity index (χ1) is 34.1. The van der Waals surface area contributed by atoms with E-state index in [1.165, 1.54) is 100 Å². The zero-order chi connectivity index (χ0) is 45.1. The van der Waals surface area contributed by atoms with Crippen LogP contribution in [0.25, 0.3) is 67.3 Å². The quantitative estimate of drug-likeness (QED) is 0.177. The van der Waals surface area contributed by atoms with Crippen LogP contribution in [0, 0.1) is 0 Å². The van der Waals surface area contributed by atoms with Crippen molar-refractivity contribution in [1.82, 2.24) is 9.97 Å². The summed E-state index contributed by atoms with van der Waals surface area (Å²) in [7, 11) is 0. The Kier molecular flexibility index (Phi) is 7.51. The smallest absolute Gasteiger partial charge is 0.160 e. The van der Waals surface area contributed by atoms with Crippen LogP contribution in [0.4, 0.5) is 0 Å². The highest BCUT2D eigenvalue weighted by Crippen LogP contribution is 2.59. The summed E-state index contributed by atoms with van der Waals surface area (Å²) >= 11 is 0. The van der Waals surface area contributed by atoms with Crippen molar-refractivity contribution in [1.29, 1.82) is 0 Å². The second-order valence-corrected chi connectivity index (χ2v) is 21.0. The van der Waals surface area contributed by atoms with Crippen molar-refractivity contribution in [3.05, 3.63) is 273 Å². The van der Waals surface area contributed by atoms with Gasteiger partial charge in [-0.15, -0.1) is 0 Å². The Morgan fingerprint density at radius 2 is 0.522 bits per heavy atom. The fourth-order valence-corrected chi connectivity index (χ4v) is 14.7. The van der Waals surface area contributed by atoms with Crippen molar-refractivity contribution >= 4 is 0 Å². The lowest BCUT2D eigenvalue weighted by molar-refractivity contribution is 0.564. The highest BCUT2D eigenvalue weighted by atomic mass is 14.9. The Morgan fingerprint density at radius 1 is 0.246 bits per heavy atom. The van der Waals surface area contributed by atoms with Gasteiger partial charge in [0.05, 0.1) is 11.4 Å². The zero-order valence-electron chi connectivity index (χ0n) is 38.3. The van der Waals surface area contributed by atoms with Crippen LogP contribution in [0.2, 0.25) is 0 Å². The maximum absolute atomic E-state index is 5.65. The van der Waals surface area contributed by atoms with E-state index in [9.17, 15) is 0 Å². The third kappa shape index (κ3) is 5.11. The summed E-state index contributed by atoms with van der Waals surface area (Å²) in [5.41, 5.74) is 30.3. The topological polar surface area (TPSA) is 25.8 Å². The van der Waals surface area contributed by atoms with Gasteiger partial charge in [0.2, 0.25) is 0 Å². The van der Waals surface area contributed by atoms with Gasteiger partial charge in [-0.2, -0.15) is 0 Å². The lowest BCUT2D eigenvalue weighted by Crippen LogP contribution is -2.26. The molecule has 0 aliphatic heterocycles. The van der Waals surface area contributed by atoms with Crippen LogP contribution in [0.5, 0.6) is 0 Å². The fourth-order valence-electron chi connectivity index (χ4n) is 14.7. The third-order valence-electron chi connectivity index (χ3n) is 17.7. The molecule has 69 heavy (non-hydrogen) atoms. The van der Waals surface area contributed by atoms with Crippen LogP contribution in [0.1, 0.15) is 66.8 Å². The van der Waals surface area contributed by atoms with Crippen LogP contribution in [0.3, 0.4) is 0 Å². The van der Waals surface area contributed by atoms with Gasteiger partial charge in [0.1, 0.15) is 0 Å². The number of benzene rings is 9. The SMILES string of the molecule is c1ccc2c(c1)CC1(C2)c2ccccc2-c2ccc(-c3cc(-c4ccc5c(c4)C4(Cc6ccccc6C4)c4ccccc4-5)nc(-c4ccc5c(c4)C4(Cc6ccccc6C4)c4ccccc4-5)n3)cc21. The molecule has 9 aromatic carbocycles. The standard InChI is InChI=1S/C67H46N2/c1-2-14-45-36-65(35-44(45)13-1)56-22-10-7-19-50(56)53-28-25-41(31-59(53)65)62-34-63(42-26-29-54-51-20-8-11-23-57(51)66(60(54)32-42)37-46-15-3-4-16-47(46)38-66)69-64(68-62)43-27-30-55-52-21-9-12-24-58(52)67(61(55)33-43)39-48-17-5-6-18-49(48)40-67/h1-34H,35-40H2. The molecule has 0 atom stereocenters. The Bertz CT molecular complexity index is 3400. The monoisotopic (exact) mass is 878 g/mol. The molecule has 3 spiro atoms. The summed E-state index contributed by atoms with van der Waals surface area (Å²) in [6, 6.07) is 78.4. The molecule has 16 rings (SSSR count). The first kappa shape index (κ1) is 38.1. The number of hydrogen-bond acceptors (Lipinski definition) is 2. The molecule has 0 N–H and O–H groups in total. The fraction of sp³-hybridized carbons (Fsp3) is 0.134. The van der Waals surface area contributed by atoms with E-state index >= 15 is 0 Å². The van der Waals surface area contributed by atoms with E-state index in [4.69, 9.17) is 9.97 Å². The molecular weight excluding hydrogens is 833 g/mol. The predicted molar refractivity (Wildman–Crippen MR) is 279 cm³/mol. The number of aromatic nitrogens is 2. The third-order valence-corrected chi connectivity index (χ3v) is 17.7. The molecule has 0 amide bonds. The van der Waals surface area contributed by atoms with E-state index in [0.29, 0.717) is 0 Å². The van der Waals surface area contributed by atoms with Crippen LogP contribution in [-0.2, 0) is 54.8 Å². The van der Waals surface area contributed by atoms with Crippen LogP contribution in [0.15, 0.2) is 206 Å². The van der Waals surface area contributed by atoms with Gasteiger partial charge in [0, 0.05) is 32.9 Å². The van der Waals surface area contributed by atoms with E-state index < -0.39 is 0 Å². The predicted octanol–water partition coefficient (Wildman–Crippen LogP) is 14.7. The first-order valence-corrected chi connectivity index (χ1v) is 24.9. The highest BCUT2D eigenvalue weighted by Gasteiger charge is 2.50. The molecule has 324 valence electrons. The first-order valence-electron chi connectivity index (χ1n) is 24.9. The highest BCUT2D eigenvalue weighted by molar-refractivity contribution is 5.89. The second-order valence-electron chi connectivity index (χ2n) is 21.0. The minimum absolute atomic E-state index is 0.116. The van der Waals surface area contributed by atoms with Gasteiger partial charge in [-0.1, -0.05) is 182 Å². The molecular formula is C67H46N2. The van der Waals surface area contributed by atoms with Crippen LogP contribution in [-0.4, -0.2) is 9.97 Å². The summed E-state index contributed by atoms with van der Waals surface area (Å²) in [5, 5.41) is 0. The van der Waals surface area contributed by atoms with E-state index in [2.05, 4.69) is 206 Å². The molecule has 0 bridgehead atoms. The van der Waals surface area contributed by atoms with Crippen LogP contribution >= 0.6 is 0 Å². The van der Waals surface area contributed by atoms with E-state index in [-0.39, 0.29) is 16.2 Å². The Balaban J connectivity index is 0.893. The number of hydrogen-bond donors (Lipinski definition) is 0. The van der Waals surface area contributed by atoms with Gasteiger partial charge in [-0.25, -0.2) is 9.97 Å². The van der Waals surface area contributed by atoms with E-state index in [1.807, 2.05) is 0 Å². The van der Waals surface area contributed by atoms with Gasteiger partial charge in [-0.05, 0) is 163 Å². The molecule has 2 nitrogen and oxygen atoms in total. The lowest BCUT2D eigenvalue weighted by Gasteiger charge is -2.27. The largest absolute Gasteiger partial charge is 0.228 e. The van der Waals surface area contributed by atoms with Gasteiger partial charge in [-0.3, -0.25) is 0 Å². The van der Waals surface area contributed by atoms with Crippen molar-refractivity contribution < 1.29 is 0 Å². The van der Waals surface area contributed by atoms with Gasteiger partial charge in [0.25, 0.3) is 0 Å². The molecule has 0 fully saturated rings. The van der Waals surface area contributed by atoms with Gasteiger partial charge >= 0.3 is 0 Å². The molecule has 2 heteroatoms. The summed E-state index contributed by atoms with van der Waals surface area (Å²) in [4.78, 5) is 11.3. The molecule has 0 radical (unpaired) electrons. The number of fused-ring (bicyclic) bond motifs is 18. The molecule has 10 aromatic rings. The maximum Gasteiger partial charge on any atom is 0.160 e. The average Bonchev–Trinajstić information content (AvgIpc) is 4.25. The Labute approximate surface area is 403 Å². The number of rotatable bonds is 3. The molecule has 1 heterocycles. The molecule has 0 unspecified atom stereocenters. The van der Waals surface area contributed by atoms with Crippen molar-refractivity contribution in [2.24, 2.45) is 0 Å². The average molecular weight is 879 g/mol. The van der Waals surface area contributed by atoms with E-state index in [0.717, 1.165) is 72.4 Å². The molecule has 1 aromatic heterocycles. The maximum atomic E-state index is 5.65. The number of nitrogens with zero attached hydrogens (tertiary/aromatic N) is 2. The lowest BCUT2D eigenvalue weighted by atomic mass is 9.75. The second kappa shape index (κ2) is 13.6. The summed E-state index contributed by atoms with van der Waals surface area (Å²) in [6.07, 6.45) is 6.00. The summed E-state index contributed by atoms with van der Waals surface area (Å²) < 4.78 is 0. The normalized spacial score (nSPS) is 16.7. The van der Waals surface area contributed by atoms with Gasteiger partial charge in [0.15, 0.2) is 5.82 Å². The summed E-state index contributed by atoms with van der Waals surface area (Å²) in [6.45, 7) is 0. The van der Waals surface area contributed by atoms with Crippen molar-refractivity contribution in [2.45, 2.75) is 54.8 Å². The van der Waals surface area contributed by atoms with Crippen LogP contribution < -0.4 is 0 Å².